The summed E-state index contributed by atoms with van der Waals surface area (Å²) in [5.41, 5.74) is 1.88. The third-order valence-electron chi connectivity index (χ3n) is 5.19. The van der Waals surface area contributed by atoms with Crippen LogP contribution in [0.15, 0.2) is 60.7 Å². The lowest BCUT2D eigenvalue weighted by Crippen LogP contribution is -2.41. The summed E-state index contributed by atoms with van der Waals surface area (Å²) in [4.78, 5) is 2.38. The first-order chi connectivity index (χ1) is 14.1. The Morgan fingerprint density at radius 3 is 2.69 bits per heavy atom. The maximum atomic E-state index is 12.4. The van der Waals surface area contributed by atoms with Crippen LogP contribution in [0.5, 0.6) is 5.75 Å². The van der Waals surface area contributed by atoms with Crippen LogP contribution in [0, 0.1) is 5.92 Å². The summed E-state index contributed by atoms with van der Waals surface area (Å²) in [7, 11) is -1.63. The van der Waals surface area contributed by atoms with Crippen molar-refractivity contribution in [2.24, 2.45) is 5.92 Å². The molecule has 1 atom stereocenters. The van der Waals surface area contributed by atoms with Crippen molar-refractivity contribution in [1.29, 1.82) is 0 Å². The van der Waals surface area contributed by atoms with Gasteiger partial charge in [0.15, 0.2) is 0 Å². The Balaban J connectivity index is 1.47. The van der Waals surface area contributed by atoms with Gasteiger partial charge in [-0.25, -0.2) is 13.1 Å². The first-order valence-corrected chi connectivity index (χ1v) is 11.7. The highest BCUT2D eigenvalue weighted by atomic mass is 32.2. The highest BCUT2D eigenvalue weighted by molar-refractivity contribution is 7.88. The van der Waals surface area contributed by atoms with Crippen LogP contribution in [0.25, 0.3) is 6.08 Å². The monoisotopic (exact) mass is 414 g/mol. The van der Waals surface area contributed by atoms with Crippen LogP contribution in [-0.2, 0) is 15.8 Å². The molecule has 0 aliphatic carbocycles. The van der Waals surface area contributed by atoms with Crippen molar-refractivity contribution in [3.8, 4) is 5.75 Å². The largest absolute Gasteiger partial charge is 0.496 e. The molecule has 6 heteroatoms. The molecule has 2 aromatic rings. The van der Waals surface area contributed by atoms with E-state index >= 15 is 0 Å². The normalized spacial score (nSPS) is 18.2. The molecule has 0 unspecified atom stereocenters. The van der Waals surface area contributed by atoms with Crippen molar-refractivity contribution in [2.75, 3.05) is 33.3 Å². The maximum absolute atomic E-state index is 12.4. The number of likely N-dealkylation sites (tertiary alicyclic amines) is 1. The van der Waals surface area contributed by atoms with Gasteiger partial charge in [-0.2, -0.15) is 0 Å². The van der Waals surface area contributed by atoms with Gasteiger partial charge in [0.1, 0.15) is 5.75 Å². The zero-order valence-corrected chi connectivity index (χ0v) is 17.8. The van der Waals surface area contributed by atoms with Crippen LogP contribution in [0.2, 0.25) is 0 Å². The third-order valence-corrected chi connectivity index (χ3v) is 6.51. The summed E-state index contributed by atoms with van der Waals surface area (Å²) in [5.74, 6) is 1.24. The van der Waals surface area contributed by atoms with Gasteiger partial charge in [0.2, 0.25) is 10.0 Å². The summed E-state index contributed by atoms with van der Waals surface area (Å²) in [6.07, 6.45) is 6.39. The molecule has 1 aliphatic rings. The van der Waals surface area contributed by atoms with E-state index in [1.807, 2.05) is 54.6 Å². The molecule has 3 rings (SSSR count). The molecule has 2 aromatic carbocycles. The highest BCUT2D eigenvalue weighted by Crippen LogP contribution is 2.20. The fraction of sp³-hybridized carbons (Fsp3) is 0.391. The second-order valence-corrected chi connectivity index (χ2v) is 9.31. The van der Waals surface area contributed by atoms with E-state index in [1.54, 1.807) is 7.11 Å². The number of sulfonamides is 1. The van der Waals surface area contributed by atoms with Crippen LogP contribution in [0.1, 0.15) is 24.0 Å². The molecule has 156 valence electrons. The van der Waals surface area contributed by atoms with Crippen LogP contribution in [-0.4, -0.2) is 46.6 Å². The molecule has 1 aliphatic heterocycles. The molecule has 0 saturated carbocycles. The van der Waals surface area contributed by atoms with Crippen LogP contribution >= 0.6 is 0 Å². The molecule has 0 bridgehead atoms. The second-order valence-electron chi connectivity index (χ2n) is 7.51. The predicted molar refractivity (Wildman–Crippen MR) is 118 cm³/mol. The first kappa shape index (κ1) is 21.6. The first-order valence-electron chi connectivity index (χ1n) is 10.1. The van der Waals surface area contributed by atoms with E-state index in [0.29, 0.717) is 12.5 Å². The summed E-state index contributed by atoms with van der Waals surface area (Å²) >= 11 is 0. The number of nitrogens with one attached hydrogen (secondary N) is 1. The van der Waals surface area contributed by atoms with Crippen molar-refractivity contribution in [1.82, 2.24) is 9.62 Å². The molecule has 1 heterocycles. The van der Waals surface area contributed by atoms with E-state index in [1.165, 1.54) is 0 Å². The van der Waals surface area contributed by atoms with Gasteiger partial charge in [-0.3, -0.25) is 4.90 Å². The fourth-order valence-electron chi connectivity index (χ4n) is 3.71. The summed E-state index contributed by atoms with van der Waals surface area (Å²) in [5, 5.41) is 0. The standard InChI is InChI=1S/C23H30N2O3S/c1-28-23-14-6-5-12-22(23)13-8-16-25-15-7-11-21(18-25)17-24-29(26,27)19-20-9-3-2-4-10-20/h2-6,8-10,12-14,21,24H,7,11,15-19H2,1H3/b13-8+/t21-/m1/s1. The maximum Gasteiger partial charge on any atom is 0.215 e. The topological polar surface area (TPSA) is 58.6 Å². The van der Waals surface area contributed by atoms with Crippen LogP contribution in [0.3, 0.4) is 0 Å². The van der Waals surface area contributed by atoms with Gasteiger partial charge < -0.3 is 4.74 Å². The minimum Gasteiger partial charge on any atom is -0.496 e. The summed E-state index contributed by atoms with van der Waals surface area (Å²) in [6.45, 7) is 3.31. The molecule has 0 spiro atoms. The number of nitrogens with zero attached hydrogens (tertiary/aromatic N) is 1. The average Bonchev–Trinajstić information content (AvgIpc) is 2.73. The number of hydrogen-bond acceptors (Lipinski definition) is 4. The third kappa shape index (κ3) is 6.99. The molecular weight excluding hydrogens is 384 g/mol. The smallest absolute Gasteiger partial charge is 0.215 e. The van der Waals surface area contributed by atoms with E-state index < -0.39 is 10.0 Å². The molecule has 1 saturated heterocycles. The highest BCUT2D eigenvalue weighted by Gasteiger charge is 2.21. The van der Waals surface area contributed by atoms with Crippen molar-refractivity contribution in [3.63, 3.8) is 0 Å². The Bertz CT molecular complexity index is 897. The number of rotatable bonds is 9. The van der Waals surface area contributed by atoms with Crippen molar-refractivity contribution in [3.05, 3.63) is 71.8 Å². The molecular formula is C23H30N2O3S. The Morgan fingerprint density at radius 1 is 1.14 bits per heavy atom. The molecule has 1 N–H and O–H groups in total. The molecule has 0 aromatic heterocycles. The van der Waals surface area contributed by atoms with Gasteiger partial charge in [-0.05, 0) is 36.9 Å². The van der Waals surface area contributed by atoms with Crippen LogP contribution < -0.4 is 9.46 Å². The Hall–Kier alpha value is -2.15. The van der Waals surface area contributed by atoms with E-state index in [9.17, 15) is 8.42 Å². The molecule has 5 nitrogen and oxygen atoms in total. The van der Waals surface area contributed by atoms with Gasteiger partial charge in [-0.15, -0.1) is 0 Å². The predicted octanol–water partition coefficient (Wildman–Crippen LogP) is 3.54. The fourth-order valence-corrected chi connectivity index (χ4v) is 4.93. The Morgan fingerprint density at radius 2 is 1.90 bits per heavy atom. The summed E-state index contributed by atoms with van der Waals surface area (Å²) in [6, 6.07) is 17.3. The number of piperidine rings is 1. The van der Waals surface area contributed by atoms with Gasteiger partial charge in [0.25, 0.3) is 0 Å². The number of ether oxygens (including phenoxy) is 1. The van der Waals surface area contributed by atoms with Crippen molar-refractivity contribution >= 4 is 16.1 Å². The van der Waals surface area contributed by atoms with Crippen molar-refractivity contribution < 1.29 is 13.2 Å². The van der Waals surface area contributed by atoms with E-state index in [0.717, 1.165) is 49.4 Å². The summed E-state index contributed by atoms with van der Waals surface area (Å²) < 4.78 is 32.9. The lowest BCUT2D eigenvalue weighted by molar-refractivity contribution is 0.192. The number of para-hydroxylation sites is 1. The molecule has 0 amide bonds. The molecule has 0 radical (unpaired) electrons. The zero-order chi connectivity index (χ0) is 20.5. The SMILES string of the molecule is COc1ccccc1/C=C/CN1CCC[C@H](CNS(=O)(=O)Cc2ccccc2)C1. The van der Waals surface area contributed by atoms with E-state index in [2.05, 4.69) is 21.8 Å². The molecule has 29 heavy (non-hydrogen) atoms. The van der Waals surface area contributed by atoms with E-state index in [-0.39, 0.29) is 5.75 Å². The van der Waals surface area contributed by atoms with Crippen molar-refractivity contribution in [2.45, 2.75) is 18.6 Å². The number of benzene rings is 2. The average molecular weight is 415 g/mol. The Labute approximate surface area is 174 Å². The van der Waals surface area contributed by atoms with Gasteiger partial charge in [0.05, 0.1) is 12.9 Å². The minimum atomic E-state index is -3.31. The Kier molecular flexibility index (Phi) is 7.86. The molecule has 1 fully saturated rings. The zero-order valence-electron chi connectivity index (χ0n) is 17.0. The van der Waals surface area contributed by atoms with E-state index in [4.69, 9.17) is 4.74 Å². The van der Waals surface area contributed by atoms with Crippen LogP contribution in [0.4, 0.5) is 0 Å². The van der Waals surface area contributed by atoms with Gasteiger partial charge >= 0.3 is 0 Å². The minimum absolute atomic E-state index is 0.0337. The lowest BCUT2D eigenvalue weighted by atomic mass is 9.98. The second kappa shape index (κ2) is 10.6. The number of methoxy groups -OCH3 is 1. The lowest BCUT2D eigenvalue weighted by Gasteiger charge is -2.32. The van der Waals surface area contributed by atoms with Gasteiger partial charge in [-0.1, -0.05) is 60.7 Å². The quantitative estimate of drug-likeness (QED) is 0.682. The number of hydrogen-bond donors (Lipinski definition) is 1. The van der Waals surface area contributed by atoms with Gasteiger partial charge in [0, 0.05) is 25.2 Å².